The maximum atomic E-state index is 14.1. The summed E-state index contributed by atoms with van der Waals surface area (Å²) < 4.78 is 29.5. The van der Waals surface area contributed by atoms with Gasteiger partial charge in [0.2, 0.25) is 0 Å². The number of hydrogen-bond acceptors (Lipinski definition) is 4. The summed E-state index contributed by atoms with van der Waals surface area (Å²) in [6, 6.07) is 20.2. The molecule has 0 fully saturated rings. The minimum absolute atomic E-state index is 0.104. The molecule has 0 saturated heterocycles. The van der Waals surface area contributed by atoms with Crippen molar-refractivity contribution in [3.05, 3.63) is 95.8 Å². The first-order valence-corrected chi connectivity index (χ1v) is 13.5. The summed E-state index contributed by atoms with van der Waals surface area (Å²) in [5, 5.41) is 13.0. The van der Waals surface area contributed by atoms with Gasteiger partial charge in [0, 0.05) is 6.20 Å². The lowest BCUT2D eigenvalue weighted by Crippen LogP contribution is -2.31. The Labute approximate surface area is 214 Å². The third-order valence-corrected chi connectivity index (χ3v) is 8.12. The van der Waals surface area contributed by atoms with E-state index < -0.39 is 10.0 Å². The highest BCUT2D eigenvalue weighted by Gasteiger charge is 2.30. The summed E-state index contributed by atoms with van der Waals surface area (Å²) in [6.45, 7) is 12.4. The van der Waals surface area contributed by atoms with Crippen molar-refractivity contribution in [1.82, 2.24) is 4.98 Å². The Morgan fingerprint density at radius 1 is 0.806 bits per heavy atom. The van der Waals surface area contributed by atoms with Gasteiger partial charge in [-0.05, 0) is 74.7 Å². The molecule has 1 N–H and O–H groups in total. The summed E-state index contributed by atoms with van der Waals surface area (Å²) in [6.07, 6.45) is 3.19. The lowest BCUT2D eigenvalue weighted by molar-refractivity contribution is 0.422. The minimum Gasteiger partial charge on any atom is -0.507 e. The van der Waals surface area contributed by atoms with Gasteiger partial charge in [0.15, 0.2) is 0 Å². The molecule has 0 spiro atoms. The molecule has 0 bridgehead atoms. The zero-order chi connectivity index (χ0) is 26.3. The van der Waals surface area contributed by atoms with Crippen LogP contribution in [0.2, 0.25) is 0 Å². The average Bonchev–Trinajstić information content (AvgIpc) is 2.82. The molecule has 0 saturated carbocycles. The molecule has 0 aliphatic heterocycles. The zero-order valence-corrected chi connectivity index (χ0v) is 22.6. The number of hydrogen-bond donors (Lipinski definition) is 1. The van der Waals surface area contributed by atoms with Gasteiger partial charge in [-0.2, -0.15) is 0 Å². The van der Waals surface area contributed by atoms with Gasteiger partial charge in [-0.3, -0.25) is 9.29 Å². The molecule has 0 amide bonds. The van der Waals surface area contributed by atoms with Crippen molar-refractivity contribution in [3.63, 3.8) is 0 Å². The van der Waals surface area contributed by atoms with Crippen molar-refractivity contribution in [2.24, 2.45) is 0 Å². The van der Waals surface area contributed by atoms with Crippen LogP contribution in [0, 0.1) is 0 Å². The number of pyridine rings is 1. The number of aromatic hydroxyl groups is 1. The number of nitrogens with zero attached hydrogens (tertiary/aromatic N) is 2. The number of phenolic OH excluding ortho intramolecular Hbond substituents is 1. The number of benzene rings is 3. The third-order valence-electron chi connectivity index (χ3n) is 6.35. The van der Waals surface area contributed by atoms with Crippen LogP contribution in [0.25, 0.3) is 10.8 Å². The van der Waals surface area contributed by atoms with Crippen molar-refractivity contribution >= 4 is 26.5 Å². The highest BCUT2D eigenvalue weighted by Crippen LogP contribution is 2.40. The monoisotopic (exact) mass is 502 g/mol. The molecule has 0 atom stereocenters. The Balaban J connectivity index is 1.88. The molecule has 5 nitrogen and oxygen atoms in total. The molecular formula is C30H34N2O3S. The van der Waals surface area contributed by atoms with Crippen molar-refractivity contribution < 1.29 is 13.5 Å². The Kier molecular flexibility index (Phi) is 6.60. The summed E-state index contributed by atoms with van der Waals surface area (Å²) in [4.78, 5) is 4.40. The molecule has 4 rings (SSSR count). The molecule has 4 aromatic rings. The number of sulfonamides is 1. The number of phenols is 1. The van der Waals surface area contributed by atoms with Gasteiger partial charge < -0.3 is 5.11 Å². The fourth-order valence-electron chi connectivity index (χ4n) is 4.37. The molecule has 6 heteroatoms. The maximum Gasteiger partial charge on any atom is 0.264 e. The Bertz CT molecular complexity index is 1460. The fraction of sp³-hybridized carbons (Fsp3) is 0.300. The molecule has 0 aliphatic rings. The summed E-state index contributed by atoms with van der Waals surface area (Å²) in [5.41, 5.74) is 2.22. The second-order valence-electron chi connectivity index (χ2n) is 11.3. The quantitative estimate of drug-likeness (QED) is 0.321. The van der Waals surface area contributed by atoms with Gasteiger partial charge in [0.1, 0.15) is 5.75 Å². The first-order valence-electron chi connectivity index (χ1n) is 12.1. The van der Waals surface area contributed by atoms with E-state index in [1.807, 2.05) is 84.0 Å². The van der Waals surface area contributed by atoms with E-state index in [2.05, 4.69) is 4.98 Å². The number of aromatic nitrogens is 1. The van der Waals surface area contributed by atoms with Crippen LogP contribution in [-0.4, -0.2) is 18.5 Å². The topological polar surface area (TPSA) is 70.5 Å². The average molecular weight is 503 g/mol. The molecular weight excluding hydrogens is 468 g/mol. The van der Waals surface area contributed by atoms with Crippen molar-refractivity contribution in [2.75, 3.05) is 4.31 Å². The SMILES string of the molecule is CC(C)(C)c1cc(CN(c2cccnc2)S(=O)(=O)c2ccc3ccccc3c2)cc(C(C)(C)C)c1O. The maximum absolute atomic E-state index is 14.1. The normalized spacial score (nSPS) is 12.6. The second kappa shape index (κ2) is 9.25. The summed E-state index contributed by atoms with van der Waals surface area (Å²) in [7, 11) is -3.92. The van der Waals surface area contributed by atoms with Gasteiger partial charge in [0.05, 0.1) is 23.3 Å². The van der Waals surface area contributed by atoms with Gasteiger partial charge >= 0.3 is 0 Å². The van der Waals surface area contributed by atoms with E-state index in [0.717, 1.165) is 27.5 Å². The van der Waals surface area contributed by atoms with Crippen LogP contribution in [0.4, 0.5) is 5.69 Å². The Morgan fingerprint density at radius 2 is 1.42 bits per heavy atom. The van der Waals surface area contributed by atoms with Crippen molar-refractivity contribution in [1.29, 1.82) is 0 Å². The summed E-state index contributed by atoms with van der Waals surface area (Å²) >= 11 is 0. The van der Waals surface area contributed by atoms with E-state index in [-0.39, 0.29) is 28.0 Å². The first kappa shape index (κ1) is 25.7. The van der Waals surface area contributed by atoms with E-state index >= 15 is 0 Å². The first-order chi connectivity index (χ1) is 16.8. The molecule has 36 heavy (non-hydrogen) atoms. The van der Waals surface area contributed by atoms with Crippen LogP contribution in [0.15, 0.2) is 84.0 Å². The van der Waals surface area contributed by atoms with Gasteiger partial charge in [-0.15, -0.1) is 0 Å². The molecule has 3 aromatic carbocycles. The molecule has 1 aromatic heterocycles. The Hall–Kier alpha value is -3.38. The predicted octanol–water partition coefficient (Wildman–Crippen LogP) is 6.93. The third kappa shape index (κ3) is 5.09. The highest BCUT2D eigenvalue weighted by atomic mass is 32.2. The lowest BCUT2D eigenvalue weighted by atomic mass is 9.78. The van der Waals surface area contributed by atoms with Crippen LogP contribution >= 0.6 is 0 Å². The van der Waals surface area contributed by atoms with Crippen LogP contribution in [0.5, 0.6) is 5.75 Å². The van der Waals surface area contributed by atoms with Gasteiger partial charge in [-0.1, -0.05) is 71.9 Å². The standard InChI is InChI=1S/C30H34N2O3S/c1-29(2,3)26-16-21(17-27(28(26)33)30(4,5)6)20-32(24-12-9-15-31-19-24)36(34,35)25-14-13-22-10-7-8-11-23(22)18-25/h7-19,33H,20H2,1-6H3. The van der Waals surface area contributed by atoms with E-state index in [4.69, 9.17) is 0 Å². The highest BCUT2D eigenvalue weighted by molar-refractivity contribution is 7.92. The number of rotatable bonds is 5. The van der Waals surface area contributed by atoms with E-state index in [1.54, 1.807) is 36.7 Å². The fourth-order valence-corrected chi connectivity index (χ4v) is 5.84. The van der Waals surface area contributed by atoms with Crippen LogP contribution < -0.4 is 4.31 Å². The van der Waals surface area contributed by atoms with E-state index in [0.29, 0.717) is 5.69 Å². The van der Waals surface area contributed by atoms with Gasteiger partial charge in [0.25, 0.3) is 10.0 Å². The largest absolute Gasteiger partial charge is 0.507 e. The molecule has 0 aliphatic carbocycles. The van der Waals surface area contributed by atoms with Crippen molar-refractivity contribution in [2.45, 2.75) is 63.8 Å². The Morgan fingerprint density at radius 3 is 1.97 bits per heavy atom. The molecule has 188 valence electrons. The van der Waals surface area contributed by atoms with E-state index in [9.17, 15) is 13.5 Å². The number of anilines is 1. The molecule has 0 radical (unpaired) electrons. The lowest BCUT2D eigenvalue weighted by Gasteiger charge is -2.30. The smallest absolute Gasteiger partial charge is 0.264 e. The minimum atomic E-state index is -3.92. The summed E-state index contributed by atoms with van der Waals surface area (Å²) in [5.74, 6) is 0.268. The van der Waals surface area contributed by atoms with Crippen LogP contribution in [0.1, 0.15) is 58.2 Å². The van der Waals surface area contributed by atoms with Gasteiger partial charge in [-0.25, -0.2) is 8.42 Å². The predicted molar refractivity (Wildman–Crippen MR) is 147 cm³/mol. The van der Waals surface area contributed by atoms with Crippen LogP contribution in [-0.2, 0) is 27.4 Å². The molecule has 0 unspecified atom stereocenters. The van der Waals surface area contributed by atoms with Crippen molar-refractivity contribution in [3.8, 4) is 5.75 Å². The number of fused-ring (bicyclic) bond motifs is 1. The zero-order valence-electron chi connectivity index (χ0n) is 21.8. The van der Waals surface area contributed by atoms with E-state index in [1.165, 1.54) is 4.31 Å². The second-order valence-corrected chi connectivity index (χ2v) is 13.1. The van der Waals surface area contributed by atoms with Crippen LogP contribution in [0.3, 0.4) is 0 Å². The molecule has 1 heterocycles.